The van der Waals surface area contributed by atoms with Crippen molar-refractivity contribution in [1.29, 1.82) is 0 Å². The number of unbranched alkanes of at least 4 members (excludes halogenated alkanes) is 1. The molecule has 50 heavy (non-hydrogen) atoms. The van der Waals surface area contributed by atoms with Crippen LogP contribution in [-0.2, 0) is 28.7 Å². The van der Waals surface area contributed by atoms with Crippen molar-refractivity contribution in [2.45, 2.75) is 141 Å². The standard InChI is InChI=1S/C40H62N4O6/c1-37(2)27-31(41-21-15-9-11-17-33(41)45)28-38(3,4)43(37)23-25-49-35(47)19-13-14-20-36(48)50-26-24-44-39(5,6)29-32(30-40(44,7)8)42-22-16-10-12-18-34(42)46/h9-12,15-18,31-32H,13-14,19-30H2,1-8H3. The van der Waals surface area contributed by atoms with E-state index in [1.807, 2.05) is 34.1 Å². The van der Waals surface area contributed by atoms with Gasteiger partial charge in [-0.05, 0) is 93.9 Å². The first-order valence-corrected chi connectivity index (χ1v) is 18.6. The molecule has 278 valence electrons. The Morgan fingerprint density at radius 3 is 1.28 bits per heavy atom. The molecule has 0 aromatic heterocycles. The van der Waals surface area contributed by atoms with E-state index in [1.54, 1.807) is 24.3 Å². The molecule has 10 nitrogen and oxygen atoms in total. The molecule has 0 atom stereocenters. The van der Waals surface area contributed by atoms with Crippen LogP contribution in [0, 0.1) is 0 Å². The van der Waals surface area contributed by atoms with Crippen LogP contribution in [0.25, 0.3) is 0 Å². The van der Waals surface area contributed by atoms with Gasteiger partial charge in [-0.1, -0.05) is 36.5 Å². The number of nitrogens with zero attached hydrogens (tertiary/aromatic N) is 4. The monoisotopic (exact) mass is 694 g/mol. The molecule has 0 unspecified atom stereocenters. The number of carbonyl (C=O) groups excluding carboxylic acids is 4. The molecular formula is C40H62N4O6. The Morgan fingerprint density at radius 2 is 0.940 bits per heavy atom. The van der Waals surface area contributed by atoms with Gasteiger partial charge in [0.1, 0.15) is 13.2 Å². The van der Waals surface area contributed by atoms with Gasteiger partial charge in [0.15, 0.2) is 0 Å². The highest BCUT2D eigenvalue weighted by atomic mass is 16.5. The van der Waals surface area contributed by atoms with Crippen molar-refractivity contribution < 1.29 is 28.7 Å². The van der Waals surface area contributed by atoms with Crippen molar-refractivity contribution in [3.05, 3.63) is 48.6 Å². The Kier molecular flexibility index (Phi) is 13.0. The maximum Gasteiger partial charge on any atom is 0.305 e. The predicted molar refractivity (Wildman–Crippen MR) is 196 cm³/mol. The molecule has 0 aliphatic carbocycles. The SMILES string of the molecule is CC1(C)CC(N2CC=CC=CC2=O)CC(C)(C)N1CCOC(=O)CCCCC(=O)OCCN1C(C)(C)CC(N2CC=CC=CC2=O)CC1(C)C. The minimum atomic E-state index is -0.251. The van der Waals surface area contributed by atoms with Crippen molar-refractivity contribution in [3.8, 4) is 0 Å². The Morgan fingerprint density at radius 1 is 0.600 bits per heavy atom. The molecule has 0 aromatic carbocycles. The molecule has 2 saturated heterocycles. The van der Waals surface area contributed by atoms with Gasteiger partial charge in [0.2, 0.25) is 11.8 Å². The molecule has 4 rings (SSSR count). The summed E-state index contributed by atoms with van der Waals surface area (Å²) in [5.74, 6) is -0.388. The molecule has 2 fully saturated rings. The van der Waals surface area contributed by atoms with E-state index in [0.717, 1.165) is 25.7 Å². The fourth-order valence-electron chi connectivity index (χ4n) is 9.18. The van der Waals surface area contributed by atoms with E-state index in [2.05, 4.69) is 65.2 Å². The number of hydrogen-bond acceptors (Lipinski definition) is 8. The van der Waals surface area contributed by atoms with E-state index < -0.39 is 0 Å². The first kappa shape index (κ1) is 39.5. The molecule has 0 bridgehead atoms. The summed E-state index contributed by atoms with van der Waals surface area (Å²) < 4.78 is 11.3. The first-order chi connectivity index (χ1) is 23.4. The van der Waals surface area contributed by atoms with Gasteiger partial charge >= 0.3 is 11.9 Å². The number of ether oxygens (including phenoxy) is 2. The van der Waals surface area contributed by atoms with Crippen molar-refractivity contribution in [2.24, 2.45) is 0 Å². The van der Waals surface area contributed by atoms with Crippen molar-refractivity contribution in [2.75, 3.05) is 39.4 Å². The maximum absolute atomic E-state index is 12.7. The quantitative estimate of drug-likeness (QED) is 0.182. The fourth-order valence-corrected chi connectivity index (χ4v) is 9.18. The summed E-state index contributed by atoms with van der Waals surface area (Å²) in [6.07, 6.45) is 19.9. The number of esters is 2. The predicted octanol–water partition coefficient (Wildman–Crippen LogP) is 5.59. The lowest BCUT2D eigenvalue weighted by Crippen LogP contribution is -2.65. The maximum atomic E-state index is 12.7. The van der Waals surface area contributed by atoms with E-state index >= 15 is 0 Å². The molecule has 4 heterocycles. The summed E-state index contributed by atoms with van der Waals surface area (Å²) in [7, 11) is 0. The fraction of sp³-hybridized carbons (Fsp3) is 0.700. The Hall–Kier alpha value is -3.24. The summed E-state index contributed by atoms with van der Waals surface area (Å²) in [5, 5.41) is 0. The van der Waals surface area contributed by atoms with Crippen LogP contribution in [-0.4, -0.2) is 117 Å². The number of allylic oxidation sites excluding steroid dienone is 4. The lowest BCUT2D eigenvalue weighted by molar-refractivity contribution is -0.149. The van der Waals surface area contributed by atoms with Crippen LogP contribution in [0.3, 0.4) is 0 Å². The van der Waals surface area contributed by atoms with Crippen LogP contribution < -0.4 is 0 Å². The zero-order valence-corrected chi connectivity index (χ0v) is 31.9. The molecule has 0 N–H and O–H groups in total. The van der Waals surface area contributed by atoms with E-state index in [-0.39, 0.29) is 70.8 Å². The van der Waals surface area contributed by atoms with Crippen LogP contribution in [0.4, 0.5) is 0 Å². The average Bonchev–Trinajstić information content (AvgIpc) is 3.36. The third-order valence-corrected chi connectivity index (χ3v) is 11.1. The second-order valence-electron chi connectivity index (χ2n) is 16.9. The van der Waals surface area contributed by atoms with Crippen LogP contribution >= 0.6 is 0 Å². The number of piperidine rings is 2. The topological polar surface area (TPSA) is 99.7 Å². The van der Waals surface area contributed by atoms with Gasteiger partial charge in [0, 0.05) is 85.4 Å². The first-order valence-electron chi connectivity index (χ1n) is 18.6. The van der Waals surface area contributed by atoms with E-state index in [1.165, 1.54) is 0 Å². The van der Waals surface area contributed by atoms with Crippen molar-refractivity contribution >= 4 is 23.8 Å². The highest BCUT2D eigenvalue weighted by Gasteiger charge is 2.48. The van der Waals surface area contributed by atoms with Crippen molar-refractivity contribution in [1.82, 2.24) is 19.6 Å². The largest absolute Gasteiger partial charge is 0.464 e. The van der Waals surface area contributed by atoms with Gasteiger partial charge in [0.25, 0.3) is 0 Å². The molecule has 2 amide bonds. The Labute approximate surface area is 300 Å². The second-order valence-corrected chi connectivity index (χ2v) is 16.9. The minimum absolute atomic E-state index is 0.0568. The molecule has 4 aliphatic heterocycles. The molecule has 0 spiro atoms. The summed E-state index contributed by atoms with van der Waals surface area (Å²) in [4.78, 5) is 59.3. The van der Waals surface area contributed by atoms with Gasteiger partial charge < -0.3 is 19.3 Å². The Bertz CT molecular complexity index is 1220. The third kappa shape index (κ3) is 10.2. The smallest absolute Gasteiger partial charge is 0.305 e. The molecule has 0 aromatic rings. The van der Waals surface area contributed by atoms with Crippen LogP contribution in [0.15, 0.2) is 48.6 Å². The molecule has 10 heteroatoms. The summed E-state index contributed by atoms with van der Waals surface area (Å²) in [5.41, 5.74) is -0.707. The Balaban J connectivity index is 1.13. The van der Waals surface area contributed by atoms with Gasteiger partial charge in [-0.25, -0.2) is 0 Å². The van der Waals surface area contributed by atoms with Gasteiger partial charge in [-0.3, -0.25) is 29.0 Å². The number of carbonyl (C=O) groups is 4. The number of likely N-dealkylation sites (tertiary alicyclic amines) is 2. The highest BCUT2D eigenvalue weighted by molar-refractivity contribution is 5.89. The van der Waals surface area contributed by atoms with Crippen LogP contribution in [0.2, 0.25) is 0 Å². The van der Waals surface area contributed by atoms with Crippen LogP contribution in [0.5, 0.6) is 0 Å². The van der Waals surface area contributed by atoms with Gasteiger partial charge in [-0.2, -0.15) is 0 Å². The lowest BCUT2D eigenvalue weighted by Gasteiger charge is -2.56. The number of amides is 2. The van der Waals surface area contributed by atoms with E-state index in [0.29, 0.717) is 52.2 Å². The second kappa shape index (κ2) is 16.4. The molecule has 0 saturated carbocycles. The van der Waals surface area contributed by atoms with Gasteiger partial charge in [-0.15, -0.1) is 0 Å². The minimum Gasteiger partial charge on any atom is -0.464 e. The van der Waals surface area contributed by atoms with Crippen LogP contribution in [0.1, 0.15) is 107 Å². The summed E-state index contributed by atoms with van der Waals surface area (Å²) in [6, 6.07) is 0.277. The van der Waals surface area contributed by atoms with Crippen molar-refractivity contribution in [3.63, 3.8) is 0 Å². The molecule has 0 radical (unpaired) electrons. The zero-order chi connectivity index (χ0) is 36.7. The summed E-state index contributed by atoms with van der Waals surface area (Å²) >= 11 is 0. The summed E-state index contributed by atoms with van der Waals surface area (Å²) in [6.45, 7) is 20.7. The van der Waals surface area contributed by atoms with E-state index in [9.17, 15) is 19.2 Å². The average molecular weight is 695 g/mol. The number of rotatable bonds is 13. The molecular weight excluding hydrogens is 632 g/mol. The lowest BCUT2D eigenvalue weighted by atomic mass is 9.76. The zero-order valence-electron chi connectivity index (χ0n) is 31.9. The number of hydrogen-bond donors (Lipinski definition) is 0. The van der Waals surface area contributed by atoms with Gasteiger partial charge in [0.05, 0.1) is 0 Å². The third-order valence-electron chi connectivity index (χ3n) is 11.1. The van der Waals surface area contributed by atoms with E-state index in [4.69, 9.17) is 9.47 Å². The highest BCUT2D eigenvalue weighted by Crippen LogP contribution is 2.41. The normalized spacial score (nSPS) is 23.9. The molecule has 4 aliphatic rings.